The topological polar surface area (TPSA) is 59.1 Å². The summed E-state index contributed by atoms with van der Waals surface area (Å²) in [6.45, 7) is 1.39. The number of hydrogen-bond donors (Lipinski definition) is 1. The van der Waals surface area contributed by atoms with Gasteiger partial charge < -0.3 is 5.32 Å². The van der Waals surface area contributed by atoms with Crippen molar-refractivity contribution in [1.29, 1.82) is 0 Å². The smallest absolute Gasteiger partial charge is 0.221 e. The normalized spacial score (nSPS) is 10.2. The van der Waals surface area contributed by atoms with Crippen LogP contribution in [0.4, 0.5) is 5.69 Å². The summed E-state index contributed by atoms with van der Waals surface area (Å²) in [6, 6.07) is 6.83. The van der Waals surface area contributed by atoms with Crippen molar-refractivity contribution in [2.75, 3.05) is 5.32 Å². The van der Waals surface area contributed by atoms with E-state index in [1.54, 1.807) is 24.3 Å². The van der Waals surface area contributed by atoms with Crippen LogP contribution in [0.25, 0.3) is 10.9 Å². The highest BCUT2D eigenvalue weighted by molar-refractivity contribution is 6.35. The van der Waals surface area contributed by atoms with Gasteiger partial charge in [0.15, 0.2) is 6.29 Å². The molecule has 0 atom stereocenters. The van der Waals surface area contributed by atoms with E-state index in [0.29, 0.717) is 28.2 Å². The average Bonchev–Trinajstić information content (AvgIpc) is 2.32. The van der Waals surface area contributed by atoms with Crippen LogP contribution in [0, 0.1) is 0 Å². The molecule has 0 unspecified atom stereocenters. The Hall–Kier alpha value is -1.94. The number of pyridine rings is 1. The number of aromatic nitrogens is 1. The van der Waals surface area contributed by atoms with Crippen molar-refractivity contribution in [3.63, 3.8) is 0 Å². The van der Waals surface area contributed by atoms with Crippen molar-refractivity contribution in [1.82, 2.24) is 4.98 Å². The quantitative estimate of drug-likeness (QED) is 0.832. The third kappa shape index (κ3) is 2.26. The number of rotatable bonds is 2. The predicted octanol–water partition coefficient (Wildman–Crippen LogP) is 2.66. The monoisotopic (exact) mass is 248 g/mol. The van der Waals surface area contributed by atoms with Crippen molar-refractivity contribution in [3.05, 3.63) is 35.0 Å². The Labute approximate surface area is 103 Å². The van der Waals surface area contributed by atoms with E-state index < -0.39 is 0 Å². The molecule has 0 aliphatic carbocycles. The zero-order chi connectivity index (χ0) is 12.4. The fourth-order valence-corrected chi connectivity index (χ4v) is 1.74. The van der Waals surface area contributed by atoms with Crippen LogP contribution in [0.5, 0.6) is 0 Å². The van der Waals surface area contributed by atoms with Crippen LogP contribution in [-0.2, 0) is 4.79 Å². The molecule has 86 valence electrons. The molecule has 2 aromatic rings. The zero-order valence-corrected chi connectivity index (χ0v) is 9.78. The predicted molar refractivity (Wildman–Crippen MR) is 66.4 cm³/mol. The number of halogens is 1. The number of benzene rings is 1. The molecule has 17 heavy (non-hydrogen) atoms. The first-order valence-electron chi connectivity index (χ1n) is 4.94. The summed E-state index contributed by atoms with van der Waals surface area (Å²) in [6.07, 6.45) is 0.651. The molecule has 5 heteroatoms. The number of amides is 1. The van der Waals surface area contributed by atoms with Gasteiger partial charge in [0.25, 0.3) is 0 Å². The van der Waals surface area contributed by atoms with Crippen LogP contribution in [-0.4, -0.2) is 17.2 Å². The third-order valence-electron chi connectivity index (χ3n) is 2.25. The minimum absolute atomic E-state index is 0.238. The van der Waals surface area contributed by atoms with Crippen LogP contribution in [0.2, 0.25) is 5.02 Å². The SMILES string of the molecule is CC(=O)Nc1c(Cl)ccc2ccc(C=O)nc12. The lowest BCUT2D eigenvalue weighted by Gasteiger charge is -2.08. The van der Waals surface area contributed by atoms with Gasteiger partial charge in [0.1, 0.15) is 5.69 Å². The van der Waals surface area contributed by atoms with Gasteiger partial charge in [-0.1, -0.05) is 23.7 Å². The largest absolute Gasteiger partial charge is 0.323 e. The van der Waals surface area contributed by atoms with Gasteiger partial charge in [-0.25, -0.2) is 4.98 Å². The van der Waals surface area contributed by atoms with Gasteiger partial charge in [0.05, 0.1) is 16.2 Å². The number of nitrogens with one attached hydrogen (secondary N) is 1. The Morgan fingerprint density at radius 1 is 1.35 bits per heavy atom. The van der Waals surface area contributed by atoms with Gasteiger partial charge in [0.2, 0.25) is 5.91 Å². The summed E-state index contributed by atoms with van der Waals surface area (Å²) in [5.74, 6) is -0.238. The van der Waals surface area contributed by atoms with E-state index in [1.807, 2.05) is 0 Å². The van der Waals surface area contributed by atoms with E-state index in [1.165, 1.54) is 6.92 Å². The van der Waals surface area contributed by atoms with E-state index in [4.69, 9.17) is 11.6 Å². The minimum atomic E-state index is -0.238. The number of hydrogen-bond acceptors (Lipinski definition) is 3. The number of carbonyl (C=O) groups is 2. The van der Waals surface area contributed by atoms with E-state index in [-0.39, 0.29) is 5.91 Å². The van der Waals surface area contributed by atoms with E-state index in [2.05, 4.69) is 10.3 Å². The molecule has 0 saturated carbocycles. The second kappa shape index (κ2) is 4.51. The summed E-state index contributed by atoms with van der Waals surface area (Å²) >= 11 is 6.00. The lowest BCUT2D eigenvalue weighted by atomic mass is 10.1. The van der Waals surface area contributed by atoms with Crippen LogP contribution < -0.4 is 5.32 Å². The van der Waals surface area contributed by atoms with Crippen molar-refractivity contribution in [3.8, 4) is 0 Å². The maximum Gasteiger partial charge on any atom is 0.221 e. The minimum Gasteiger partial charge on any atom is -0.323 e. The highest BCUT2D eigenvalue weighted by atomic mass is 35.5. The number of carbonyl (C=O) groups excluding carboxylic acids is 2. The number of aldehydes is 1. The van der Waals surface area contributed by atoms with E-state index in [0.717, 1.165) is 5.39 Å². The van der Waals surface area contributed by atoms with Crippen LogP contribution in [0.15, 0.2) is 24.3 Å². The maximum absolute atomic E-state index is 11.1. The van der Waals surface area contributed by atoms with Gasteiger partial charge in [-0.15, -0.1) is 0 Å². The number of anilines is 1. The molecule has 0 aliphatic rings. The standard InChI is InChI=1S/C12H9ClN2O2/c1-7(17)14-12-10(13)5-3-8-2-4-9(6-16)15-11(8)12/h2-6H,1H3,(H,14,17). The highest BCUT2D eigenvalue weighted by Crippen LogP contribution is 2.29. The van der Waals surface area contributed by atoms with Crippen LogP contribution in [0.1, 0.15) is 17.4 Å². The summed E-state index contributed by atoms with van der Waals surface area (Å²) < 4.78 is 0. The lowest BCUT2D eigenvalue weighted by Crippen LogP contribution is -2.07. The highest BCUT2D eigenvalue weighted by Gasteiger charge is 2.09. The lowest BCUT2D eigenvalue weighted by molar-refractivity contribution is -0.114. The Bertz CT molecular complexity index is 611. The van der Waals surface area contributed by atoms with E-state index >= 15 is 0 Å². The zero-order valence-electron chi connectivity index (χ0n) is 9.03. The Balaban J connectivity index is 2.72. The molecule has 1 aromatic heterocycles. The van der Waals surface area contributed by atoms with Gasteiger partial charge in [-0.3, -0.25) is 9.59 Å². The van der Waals surface area contributed by atoms with Crippen molar-refractivity contribution in [2.45, 2.75) is 6.92 Å². The second-order valence-electron chi connectivity index (χ2n) is 3.53. The van der Waals surface area contributed by atoms with Crippen LogP contribution >= 0.6 is 11.6 Å². The molecule has 0 fully saturated rings. The van der Waals surface area contributed by atoms with Crippen molar-refractivity contribution in [2.24, 2.45) is 0 Å². The van der Waals surface area contributed by atoms with Crippen LogP contribution in [0.3, 0.4) is 0 Å². The van der Waals surface area contributed by atoms with Gasteiger partial charge in [0, 0.05) is 12.3 Å². The molecule has 0 spiro atoms. The number of nitrogens with zero attached hydrogens (tertiary/aromatic N) is 1. The Kier molecular flexibility index (Phi) is 3.06. The maximum atomic E-state index is 11.1. The summed E-state index contributed by atoms with van der Waals surface area (Å²) in [4.78, 5) is 25.9. The number of fused-ring (bicyclic) bond motifs is 1. The van der Waals surface area contributed by atoms with Gasteiger partial charge in [-0.2, -0.15) is 0 Å². The molecule has 1 N–H and O–H groups in total. The molecule has 0 saturated heterocycles. The average molecular weight is 249 g/mol. The molecule has 0 bridgehead atoms. The molecule has 2 rings (SSSR count). The van der Waals surface area contributed by atoms with Crippen molar-refractivity contribution < 1.29 is 9.59 Å². The first-order valence-corrected chi connectivity index (χ1v) is 5.31. The van der Waals surface area contributed by atoms with E-state index in [9.17, 15) is 9.59 Å². The molecule has 1 heterocycles. The Morgan fingerprint density at radius 3 is 2.71 bits per heavy atom. The molecular formula is C12H9ClN2O2. The fourth-order valence-electron chi connectivity index (χ4n) is 1.54. The van der Waals surface area contributed by atoms with Crippen molar-refractivity contribution >= 4 is 40.4 Å². The summed E-state index contributed by atoms with van der Waals surface area (Å²) in [7, 11) is 0. The van der Waals surface area contributed by atoms with Gasteiger partial charge >= 0.3 is 0 Å². The van der Waals surface area contributed by atoms with Gasteiger partial charge in [-0.05, 0) is 12.1 Å². The molecule has 1 amide bonds. The molecule has 4 nitrogen and oxygen atoms in total. The third-order valence-corrected chi connectivity index (χ3v) is 2.57. The molecule has 1 aromatic carbocycles. The Morgan fingerprint density at radius 2 is 2.06 bits per heavy atom. The molecule has 0 aliphatic heterocycles. The second-order valence-corrected chi connectivity index (χ2v) is 3.94. The molecule has 0 radical (unpaired) electrons. The first kappa shape index (κ1) is 11.5. The first-order chi connectivity index (χ1) is 8.11. The summed E-state index contributed by atoms with van der Waals surface area (Å²) in [5, 5.41) is 3.82. The fraction of sp³-hybridized carbons (Fsp3) is 0.0833. The summed E-state index contributed by atoms with van der Waals surface area (Å²) in [5.41, 5.74) is 1.24. The molecular weight excluding hydrogens is 240 g/mol.